The quantitative estimate of drug-likeness (QED) is 0.815. The second kappa shape index (κ2) is 7.90. The lowest BCUT2D eigenvalue weighted by atomic mass is 10.1. The summed E-state index contributed by atoms with van der Waals surface area (Å²) in [4.78, 5) is 22.0. The Kier molecular flexibility index (Phi) is 5.40. The van der Waals surface area contributed by atoms with E-state index in [1.807, 2.05) is 24.3 Å². The van der Waals surface area contributed by atoms with Gasteiger partial charge in [0.25, 0.3) is 0 Å². The molecule has 1 aromatic heterocycles. The zero-order valence-corrected chi connectivity index (χ0v) is 14.2. The Balaban J connectivity index is 1.83. The van der Waals surface area contributed by atoms with Gasteiger partial charge in [0.1, 0.15) is 5.82 Å². The first-order valence-electron chi connectivity index (χ1n) is 8.40. The minimum Gasteiger partial charge on any atom is -0.478 e. The van der Waals surface area contributed by atoms with Crippen LogP contribution >= 0.6 is 0 Å². The van der Waals surface area contributed by atoms with Crippen LogP contribution in [-0.4, -0.2) is 47.2 Å². The summed E-state index contributed by atoms with van der Waals surface area (Å²) in [5.41, 5.74) is 2.52. The number of nitrogens with one attached hydrogen (secondary N) is 1. The van der Waals surface area contributed by atoms with Gasteiger partial charge in [-0.15, -0.1) is 0 Å². The molecular weight excluding hydrogens is 316 g/mol. The van der Waals surface area contributed by atoms with Crippen LogP contribution in [0.1, 0.15) is 18.4 Å². The van der Waals surface area contributed by atoms with Gasteiger partial charge >= 0.3 is 5.97 Å². The number of hydrogen-bond acceptors (Lipinski definition) is 5. The molecule has 0 aliphatic carbocycles. The van der Waals surface area contributed by atoms with Gasteiger partial charge in [0, 0.05) is 24.7 Å². The summed E-state index contributed by atoms with van der Waals surface area (Å²) in [5, 5.41) is 12.1. The maximum atomic E-state index is 10.7. The second-order valence-electron chi connectivity index (χ2n) is 6.15. The Labute approximate surface area is 147 Å². The molecule has 6 heteroatoms. The fourth-order valence-corrected chi connectivity index (χ4v) is 3.01. The maximum absolute atomic E-state index is 10.7. The number of nitrogens with zero attached hydrogens (tertiary/aromatic N) is 3. The summed E-state index contributed by atoms with van der Waals surface area (Å²) in [6, 6.07) is 8.09. The topological polar surface area (TPSA) is 78.4 Å². The van der Waals surface area contributed by atoms with Crippen LogP contribution in [0.25, 0.3) is 17.3 Å². The van der Waals surface area contributed by atoms with Crippen molar-refractivity contribution < 1.29 is 9.90 Å². The lowest BCUT2D eigenvalue weighted by molar-refractivity contribution is -0.131. The van der Waals surface area contributed by atoms with Crippen LogP contribution in [0, 0.1) is 0 Å². The molecule has 0 radical (unpaired) electrons. The van der Waals surface area contributed by atoms with E-state index in [-0.39, 0.29) is 0 Å². The van der Waals surface area contributed by atoms with Gasteiger partial charge < -0.3 is 15.3 Å². The first-order chi connectivity index (χ1) is 12.1. The van der Waals surface area contributed by atoms with Crippen LogP contribution in [0.3, 0.4) is 0 Å². The van der Waals surface area contributed by atoms with E-state index in [9.17, 15) is 4.79 Å². The second-order valence-corrected chi connectivity index (χ2v) is 6.15. The Morgan fingerprint density at radius 3 is 2.88 bits per heavy atom. The summed E-state index contributed by atoms with van der Waals surface area (Å²) >= 11 is 0. The van der Waals surface area contributed by atoms with E-state index in [0.717, 1.165) is 54.6 Å². The Bertz CT molecular complexity index is 770. The van der Waals surface area contributed by atoms with Gasteiger partial charge in [0.2, 0.25) is 0 Å². The van der Waals surface area contributed by atoms with Crippen LogP contribution < -0.4 is 10.2 Å². The van der Waals surface area contributed by atoms with E-state index in [0.29, 0.717) is 6.04 Å². The van der Waals surface area contributed by atoms with Crippen molar-refractivity contribution in [2.45, 2.75) is 18.9 Å². The number of hydrogen-bond donors (Lipinski definition) is 2. The molecule has 2 heterocycles. The molecule has 0 atom stereocenters. The van der Waals surface area contributed by atoms with Crippen molar-refractivity contribution in [3.8, 4) is 11.3 Å². The maximum Gasteiger partial charge on any atom is 0.328 e. The van der Waals surface area contributed by atoms with Crippen molar-refractivity contribution in [1.29, 1.82) is 0 Å². The molecule has 1 aliphatic rings. The molecule has 1 aliphatic heterocycles. The minimum absolute atomic E-state index is 0.468. The molecule has 130 valence electrons. The zero-order chi connectivity index (χ0) is 17.6. The fraction of sp³-hybridized carbons (Fsp3) is 0.316. The molecule has 1 fully saturated rings. The highest BCUT2D eigenvalue weighted by Gasteiger charge is 2.19. The molecule has 1 saturated heterocycles. The molecule has 0 amide bonds. The van der Waals surface area contributed by atoms with Gasteiger partial charge in [-0.1, -0.05) is 18.2 Å². The van der Waals surface area contributed by atoms with Gasteiger partial charge in [0.05, 0.1) is 18.1 Å². The number of carboxylic acid groups (broad SMARTS) is 1. The molecule has 0 bridgehead atoms. The molecule has 2 aromatic rings. The van der Waals surface area contributed by atoms with E-state index < -0.39 is 5.97 Å². The van der Waals surface area contributed by atoms with Crippen molar-refractivity contribution >= 4 is 17.9 Å². The minimum atomic E-state index is -0.962. The van der Waals surface area contributed by atoms with Crippen molar-refractivity contribution in [1.82, 2.24) is 15.3 Å². The van der Waals surface area contributed by atoms with Crippen LogP contribution in [0.5, 0.6) is 0 Å². The summed E-state index contributed by atoms with van der Waals surface area (Å²) in [6.07, 6.45) is 8.42. The lowest BCUT2D eigenvalue weighted by Gasteiger charge is -2.32. The summed E-state index contributed by atoms with van der Waals surface area (Å²) in [6.45, 7) is 2.06. The van der Waals surface area contributed by atoms with Crippen LogP contribution in [0.15, 0.2) is 42.7 Å². The molecule has 0 unspecified atom stereocenters. The summed E-state index contributed by atoms with van der Waals surface area (Å²) in [5.74, 6) is -0.105. The largest absolute Gasteiger partial charge is 0.478 e. The number of carboxylic acids is 1. The van der Waals surface area contributed by atoms with Crippen molar-refractivity contribution in [3.05, 3.63) is 48.3 Å². The molecular formula is C19H22N4O2. The average Bonchev–Trinajstić information content (AvgIpc) is 2.67. The molecule has 1 aromatic carbocycles. The van der Waals surface area contributed by atoms with E-state index in [1.54, 1.807) is 18.5 Å². The molecule has 3 rings (SSSR count). The Morgan fingerprint density at radius 1 is 1.32 bits per heavy atom. The van der Waals surface area contributed by atoms with Gasteiger partial charge in [-0.25, -0.2) is 9.78 Å². The summed E-state index contributed by atoms with van der Waals surface area (Å²) < 4.78 is 0. The Hall–Kier alpha value is -2.73. The molecule has 0 saturated carbocycles. The number of carbonyl (C=O) groups is 1. The third-order valence-corrected chi connectivity index (χ3v) is 4.44. The Morgan fingerprint density at radius 2 is 2.12 bits per heavy atom. The first kappa shape index (κ1) is 17.1. The molecule has 6 nitrogen and oxygen atoms in total. The predicted octanol–water partition coefficient (Wildman–Crippen LogP) is 2.43. The summed E-state index contributed by atoms with van der Waals surface area (Å²) in [7, 11) is 2.07. The molecule has 0 spiro atoms. The predicted molar refractivity (Wildman–Crippen MR) is 98.4 cm³/mol. The van der Waals surface area contributed by atoms with Crippen molar-refractivity contribution in [3.63, 3.8) is 0 Å². The van der Waals surface area contributed by atoms with Gasteiger partial charge in [-0.3, -0.25) is 4.98 Å². The first-order valence-corrected chi connectivity index (χ1v) is 8.40. The smallest absolute Gasteiger partial charge is 0.328 e. The van der Waals surface area contributed by atoms with Crippen LogP contribution in [0.2, 0.25) is 0 Å². The third kappa shape index (κ3) is 4.42. The highest BCUT2D eigenvalue weighted by Crippen LogP contribution is 2.23. The van der Waals surface area contributed by atoms with Gasteiger partial charge in [-0.2, -0.15) is 0 Å². The normalized spacial score (nSPS) is 15.4. The number of benzene rings is 1. The number of anilines is 1. The highest BCUT2D eigenvalue weighted by atomic mass is 16.4. The van der Waals surface area contributed by atoms with E-state index >= 15 is 0 Å². The highest BCUT2D eigenvalue weighted by molar-refractivity contribution is 5.85. The van der Waals surface area contributed by atoms with Gasteiger partial charge in [-0.05, 0) is 43.6 Å². The number of aromatic nitrogens is 2. The van der Waals surface area contributed by atoms with Crippen LogP contribution in [-0.2, 0) is 4.79 Å². The van der Waals surface area contributed by atoms with E-state index in [4.69, 9.17) is 10.1 Å². The fourth-order valence-electron chi connectivity index (χ4n) is 3.01. The van der Waals surface area contributed by atoms with Crippen molar-refractivity contribution in [2.24, 2.45) is 0 Å². The third-order valence-electron chi connectivity index (χ3n) is 4.44. The number of rotatable bonds is 5. The monoisotopic (exact) mass is 338 g/mol. The van der Waals surface area contributed by atoms with Crippen molar-refractivity contribution in [2.75, 3.05) is 25.0 Å². The number of aliphatic carboxylic acids is 1. The molecule has 2 N–H and O–H groups in total. The van der Waals surface area contributed by atoms with Gasteiger partial charge in [0.15, 0.2) is 0 Å². The lowest BCUT2D eigenvalue weighted by Crippen LogP contribution is -2.41. The SMILES string of the molecule is CN(c1cncc(-c2cccc(/C=C/C(=O)O)c2)n1)C1CCNCC1. The molecule has 25 heavy (non-hydrogen) atoms. The average molecular weight is 338 g/mol. The number of piperidine rings is 1. The van der Waals surface area contributed by atoms with E-state index in [2.05, 4.69) is 22.2 Å². The zero-order valence-electron chi connectivity index (χ0n) is 14.2. The van der Waals surface area contributed by atoms with Crippen LogP contribution in [0.4, 0.5) is 5.82 Å². The van der Waals surface area contributed by atoms with E-state index in [1.165, 1.54) is 0 Å². The standard InChI is InChI=1S/C19H22N4O2/c1-23(16-7-9-20-10-8-16)18-13-21-12-17(22-18)15-4-2-3-14(11-15)5-6-19(24)25/h2-6,11-13,16,20H,7-10H2,1H3,(H,24,25)/b6-5+.